The normalized spacial score (nSPS) is 18.9. The Labute approximate surface area is 108 Å². The van der Waals surface area contributed by atoms with Gasteiger partial charge in [-0.25, -0.2) is 8.42 Å². The van der Waals surface area contributed by atoms with Crippen LogP contribution in [0.4, 0.5) is 0 Å². The molecule has 1 aromatic rings. The molecule has 1 aromatic carbocycles. The van der Waals surface area contributed by atoms with Crippen molar-refractivity contribution >= 4 is 10.0 Å². The van der Waals surface area contributed by atoms with E-state index in [0.717, 1.165) is 18.4 Å². The number of nitriles is 1. The van der Waals surface area contributed by atoms with Crippen molar-refractivity contribution in [1.29, 1.82) is 5.26 Å². The van der Waals surface area contributed by atoms with Crippen molar-refractivity contribution in [3.8, 4) is 6.07 Å². The number of nitrogens with zero attached hydrogens (tertiary/aromatic N) is 1. The van der Waals surface area contributed by atoms with E-state index in [2.05, 4.69) is 10.8 Å². The molecule has 1 aliphatic rings. The highest BCUT2D eigenvalue weighted by Crippen LogP contribution is 2.39. The van der Waals surface area contributed by atoms with Crippen molar-refractivity contribution < 1.29 is 8.42 Å². The van der Waals surface area contributed by atoms with Crippen LogP contribution in [0.3, 0.4) is 0 Å². The minimum absolute atomic E-state index is 0.128. The monoisotopic (exact) mass is 264 g/mol. The van der Waals surface area contributed by atoms with E-state index in [-0.39, 0.29) is 10.8 Å². The van der Waals surface area contributed by atoms with Crippen molar-refractivity contribution in [2.24, 2.45) is 5.92 Å². The average Bonchev–Trinajstić information content (AvgIpc) is 3.13. The topological polar surface area (TPSA) is 70.0 Å². The Morgan fingerprint density at radius 2 is 1.89 bits per heavy atom. The van der Waals surface area contributed by atoms with Gasteiger partial charge in [0.25, 0.3) is 0 Å². The SMILES string of the molecule is Cc1ccc(S(=O)(=O)N[C@](C)(C#N)C2CC2)cc1. The highest BCUT2D eigenvalue weighted by atomic mass is 32.2. The number of hydrogen-bond acceptors (Lipinski definition) is 3. The van der Waals surface area contributed by atoms with Crippen LogP contribution >= 0.6 is 0 Å². The minimum atomic E-state index is -3.62. The summed E-state index contributed by atoms with van der Waals surface area (Å²) in [5, 5.41) is 9.17. The molecule has 0 aliphatic heterocycles. The van der Waals surface area contributed by atoms with Crippen molar-refractivity contribution in [2.45, 2.75) is 37.1 Å². The summed E-state index contributed by atoms with van der Waals surface area (Å²) in [5.74, 6) is 0.128. The first kappa shape index (κ1) is 13.1. The van der Waals surface area contributed by atoms with E-state index in [0.29, 0.717) is 0 Å². The Morgan fingerprint density at radius 3 is 2.33 bits per heavy atom. The van der Waals surface area contributed by atoms with Gasteiger partial charge in [-0.15, -0.1) is 0 Å². The van der Waals surface area contributed by atoms with Gasteiger partial charge in [0.15, 0.2) is 0 Å². The van der Waals surface area contributed by atoms with Crippen LogP contribution in [0.15, 0.2) is 29.2 Å². The quantitative estimate of drug-likeness (QED) is 0.903. The molecular weight excluding hydrogens is 248 g/mol. The lowest BCUT2D eigenvalue weighted by molar-refractivity contribution is 0.458. The summed E-state index contributed by atoms with van der Waals surface area (Å²) >= 11 is 0. The zero-order valence-electron chi connectivity index (χ0n) is 10.5. The van der Waals surface area contributed by atoms with Crippen LogP contribution < -0.4 is 4.72 Å². The highest BCUT2D eigenvalue weighted by molar-refractivity contribution is 7.89. The zero-order valence-corrected chi connectivity index (χ0v) is 11.3. The molecule has 0 amide bonds. The maximum atomic E-state index is 12.2. The summed E-state index contributed by atoms with van der Waals surface area (Å²) in [6, 6.07) is 8.69. The predicted octanol–water partition coefficient (Wildman–Crippen LogP) is 1.97. The van der Waals surface area contributed by atoms with Crippen LogP contribution in [0.2, 0.25) is 0 Å². The molecular formula is C13H16N2O2S. The molecule has 0 aromatic heterocycles. The maximum absolute atomic E-state index is 12.2. The Morgan fingerprint density at radius 1 is 1.33 bits per heavy atom. The van der Waals surface area contributed by atoms with Crippen LogP contribution in [-0.2, 0) is 10.0 Å². The van der Waals surface area contributed by atoms with Crippen molar-refractivity contribution in [3.63, 3.8) is 0 Å². The first-order chi connectivity index (χ1) is 8.37. The lowest BCUT2D eigenvalue weighted by Gasteiger charge is -2.22. The van der Waals surface area contributed by atoms with E-state index >= 15 is 0 Å². The Balaban J connectivity index is 2.27. The second kappa shape index (κ2) is 4.38. The standard InChI is InChI=1S/C13H16N2O2S/c1-10-3-7-12(8-4-10)18(16,17)15-13(2,9-14)11-5-6-11/h3-4,7-8,11,15H,5-6H2,1-2H3/t13-/m1/s1. The van der Waals surface area contributed by atoms with Crippen molar-refractivity contribution in [3.05, 3.63) is 29.8 Å². The van der Waals surface area contributed by atoms with Crippen molar-refractivity contribution in [1.82, 2.24) is 4.72 Å². The second-order valence-electron chi connectivity index (χ2n) is 5.01. The molecule has 0 unspecified atom stereocenters. The van der Waals surface area contributed by atoms with E-state index in [1.54, 1.807) is 31.2 Å². The van der Waals surface area contributed by atoms with Gasteiger partial charge in [-0.05, 0) is 44.7 Å². The molecule has 4 nitrogen and oxygen atoms in total. The number of aryl methyl sites for hydroxylation is 1. The molecule has 18 heavy (non-hydrogen) atoms. The fourth-order valence-corrected chi connectivity index (χ4v) is 3.30. The van der Waals surface area contributed by atoms with Gasteiger partial charge in [0.1, 0.15) is 5.54 Å². The summed E-state index contributed by atoms with van der Waals surface area (Å²) in [5.41, 5.74) is 0.00294. The van der Waals surface area contributed by atoms with Crippen LogP contribution in [0.5, 0.6) is 0 Å². The lowest BCUT2D eigenvalue weighted by atomic mass is 10.0. The molecule has 1 atom stereocenters. The van der Waals surface area contributed by atoms with Crippen LogP contribution in [0.1, 0.15) is 25.3 Å². The fraction of sp³-hybridized carbons (Fsp3) is 0.462. The lowest BCUT2D eigenvalue weighted by Crippen LogP contribution is -2.46. The third-order valence-corrected chi connectivity index (χ3v) is 4.89. The molecule has 0 spiro atoms. The summed E-state index contributed by atoms with van der Waals surface area (Å²) in [6.07, 6.45) is 1.81. The smallest absolute Gasteiger partial charge is 0.207 e. The first-order valence-electron chi connectivity index (χ1n) is 5.89. The number of hydrogen-bond donors (Lipinski definition) is 1. The van der Waals surface area contributed by atoms with E-state index in [9.17, 15) is 13.7 Å². The maximum Gasteiger partial charge on any atom is 0.241 e. The number of rotatable bonds is 4. The number of benzene rings is 1. The number of sulfonamides is 1. The Hall–Kier alpha value is -1.38. The average molecular weight is 264 g/mol. The van der Waals surface area contributed by atoms with Crippen LogP contribution in [-0.4, -0.2) is 14.0 Å². The molecule has 2 rings (SSSR count). The van der Waals surface area contributed by atoms with Gasteiger partial charge in [-0.3, -0.25) is 0 Å². The van der Waals surface area contributed by atoms with E-state index < -0.39 is 15.6 Å². The second-order valence-corrected chi connectivity index (χ2v) is 6.69. The summed E-state index contributed by atoms with van der Waals surface area (Å²) in [6.45, 7) is 3.55. The summed E-state index contributed by atoms with van der Waals surface area (Å²) in [4.78, 5) is 0.204. The van der Waals surface area contributed by atoms with Gasteiger partial charge in [0.05, 0.1) is 11.0 Å². The largest absolute Gasteiger partial charge is 0.241 e. The van der Waals surface area contributed by atoms with Gasteiger partial charge >= 0.3 is 0 Å². The minimum Gasteiger partial charge on any atom is -0.207 e. The molecule has 5 heteroatoms. The molecule has 1 N–H and O–H groups in total. The van der Waals surface area contributed by atoms with E-state index in [4.69, 9.17) is 0 Å². The van der Waals surface area contributed by atoms with Gasteiger partial charge in [0.2, 0.25) is 10.0 Å². The van der Waals surface area contributed by atoms with Crippen molar-refractivity contribution in [2.75, 3.05) is 0 Å². The molecule has 0 radical (unpaired) electrons. The van der Waals surface area contributed by atoms with Gasteiger partial charge in [0, 0.05) is 0 Å². The van der Waals surface area contributed by atoms with E-state index in [1.807, 2.05) is 6.92 Å². The molecule has 1 aliphatic carbocycles. The third kappa shape index (κ3) is 2.55. The predicted molar refractivity (Wildman–Crippen MR) is 68.2 cm³/mol. The molecule has 0 saturated heterocycles. The third-order valence-electron chi connectivity index (χ3n) is 3.30. The Bertz CT molecular complexity index is 582. The molecule has 0 bridgehead atoms. The van der Waals surface area contributed by atoms with Gasteiger partial charge in [-0.2, -0.15) is 9.98 Å². The van der Waals surface area contributed by atoms with Gasteiger partial charge < -0.3 is 0 Å². The molecule has 1 saturated carbocycles. The van der Waals surface area contributed by atoms with Crippen LogP contribution in [0, 0.1) is 24.2 Å². The van der Waals surface area contributed by atoms with Crippen LogP contribution in [0.25, 0.3) is 0 Å². The zero-order chi connectivity index (χ0) is 13.4. The van der Waals surface area contributed by atoms with Gasteiger partial charge in [-0.1, -0.05) is 17.7 Å². The molecule has 0 heterocycles. The summed E-state index contributed by atoms with van der Waals surface area (Å²) < 4.78 is 26.9. The highest BCUT2D eigenvalue weighted by Gasteiger charge is 2.44. The molecule has 96 valence electrons. The fourth-order valence-electron chi connectivity index (χ4n) is 1.91. The number of nitrogens with one attached hydrogen (secondary N) is 1. The molecule has 1 fully saturated rings. The first-order valence-corrected chi connectivity index (χ1v) is 7.37. The summed E-state index contributed by atoms with van der Waals surface area (Å²) in [7, 11) is -3.62. The van der Waals surface area contributed by atoms with E-state index in [1.165, 1.54) is 0 Å². The Kier molecular flexibility index (Phi) is 3.18.